The molecule has 4 aliphatic rings. The van der Waals surface area contributed by atoms with Gasteiger partial charge in [-0.05, 0) is 24.7 Å². The molecule has 2 aliphatic heterocycles. The van der Waals surface area contributed by atoms with Crippen LogP contribution in [0.4, 0.5) is 0 Å². The number of carbonyl (C=O) groups excluding carboxylic acids is 1. The van der Waals surface area contributed by atoms with E-state index in [-0.39, 0.29) is 24.7 Å². The van der Waals surface area contributed by atoms with E-state index in [1.807, 2.05) is 0 Å². The number of carboxylic acids is 1. The third kappa shape index (κ3) is 4.97. The van der Waals surface area contributed by atoms with Gasteiger partial charge in [-0.15, -0.1) is 0 Å². The Labute approximate surface area is 216 Å². The molecule has 3 heterocycles. The summed E-state index contributed by atoms with van der Waals surface area (Å²) in [6.45, 7) is 0.502. The molecule has 5 rings (SSSR count). The number of β-lactam (4-membered cyclic amide) rings is 1. The van der Waals surface area contributed by atoms with Crippen molar-refractivity contribution in [3.05, 3.63) is 23.0 Å². The number of carbonyl (C=O) groups is 2. The fourth-order valence-corrected chi connectivity index (χ4v) is 5.01. The quantitative estimate of drug-likeness (QED) is 0.0728. The summed E-state index contributed by atoms with van der Waals surface area (Å²) in [6, 6.07) is -0.0664. The number of hydrogen-bond acceptors (Lipinski definition) is 11. The first kappa shape index (κ1) is 24.7. The fraction of sp³-hybridized carbons (Fsp3) is 0.600. The summed E-state index contributed by atoms with van der Waals surface area (Å²) < 4.78 is 1.29. The molecule has 7 N–H and O–H groups in total. The van der Waals surface area contributed by atoms with Crippen molar-refractivity contribution in [2.75, 3.05) is 0 Å². The minimum atomic E-state index is -1.35. The molecular formula is C20H28N10O4S2. The minimum absolute atomic E-state index is 0.231. The molecule has 1 aromatic heterocycles. The highest BCUT2D eigenvalue weighted by atomic mass is 32.2. The first-order valence-electron chi connectivity index (χ1n) is 11.6. The summed E-state index contributed by atoms with van der Waals surface area (Å²) >= 11 is 5.64. The van der Waals surface area contributed by atoms with Crippen LogP contribution in [0.1, 0.15) is 37.8 Å². The maximum atomic E-state index is 12.8. The maximum absolute atomic E-state index is 12.8. The van der Waals surface area contributed by atoms with Gasteiger partial charge in [0.2, 0.25) is 11.5 Å². The van der Waals surface area contributed by atoms with E-state index in [0.717, 1.165) is 12.8 Å². The SMILES string of the molecule is NC(=NCc1cnn(CC2C(/C(=N\OC3(C(=O)O)CC3)C3=CSC(N)N3)C(=O)N2S)n1)NC1CCC1. The largest absolute Gasteiger partial charge is 0.478 e. The lowest BCUT2D eigenvalue weighted by Crippen LogP contribution is -2.62. The van der Waals surface area contributed by atoms with Gasteiger partial charge in [-0.25, -0.2) is 9.79 Å². The van der Waals surface area contributed by atoms with Gasteiger partial charge in [-0.2, -0.15) is 15.0 Å². The van der Waals surface area contributed by atoms with E-state index < -0.39 is 29.0 Å². The summed E-state index contributed by atoms with van der Waals surface area (Å²) in [6.07, 6.45) is 5.69. The number of nitrogens with zero attached hydrogens (tertiary/aromatic N) is 6. The number of carboxylic acid groups (broad SMARTS) is 1. The number of thioether (sulfide) groups is 1. The second-order valence-electron chi connectivity index (χ2n) is 9.19. The molecule has 1 amide bonds. The lowest BCUT2D eigenvalue weighted by Gasteiger charge is -2.43. The summed E-state index contributed by atoms with van der Waals surface area (Å²) in [7, 11) is 0. The lowest BCUT2D eigenvalue weighted by molar-refractivity contribution is -0.153. The molecule has 3 fully saturated rings. The number of aliphatic imine (C=N–C) groups is 1. The third-order valence-corrected chi connectivity index (χ3v) is 7.88. The molecule has 0 aromatic carbocycles. The molecule has 0 radical (unpaired) electrons. The molecule has 3 atom stereocenters. The number of hydrogen-bond donors (Lipinski definition) is 6. The van der Waals surface area contributed by atoms with E-state index in [1.165, 1.54) is 27.3 Å². The molecule has 36 heavy (non-hydrogen) atoms. The molecule has 0 bridgehead atoms. The van der Waals surface area contributed by atoms with Crippen LogP contribution in [0, 0.1) is 5.92 Å². The van der Waals surface area contributed by atoms with Gasteiger partial charge < -0.3 is 32.0 Å². The zero-order chi connectivity index (χ0) is 25.4. The van der Waals surface area contributed by atoms with Crippen molar-refractivity contribution in [2.24, 2.45) is 27.5 Å². The lowest BCUT2D eigenvalue weighted by atomic mass is 9.84. The Morgan fingerprint density at radius 1 is 1.44 bits per heavy atom. The summed E-state index contributed by atoms with van der Waals surface area (Å²) in [4.78, 5) is 35.6. The van der Waals surface area contributed by atoms with Gasteiger partial charge in [0.1, 0.15) is 22.8 Å². The second kappa shape index (κ2) is 9.82. The highest BCUT2D eigenvalue weighted by molar-refractivity contribution is 8.02. The molecular weight excluding hydrogens is 508 g/mol. The van der Waals surface area contributed by atoms with E-state index in [2.05, 4.69) is 43.8 Å². The fourth-order valence-electron chi connectivity index (χ4n) is 4.01. The Morgan fingerprint density at radius 3 is 2.83 bits per heavy atom. The van der Waals surface area contributed by atoms with Crippen LogP contribution in [0.25, 0.3) is 0 Å². The monoisotopic (exact) mass is 536 g/mol. The van der Waals surface area contributed by atoms with Crippen LogP contribution in [-0.4, -0.2) is 71.1 Å². The summed E-state index contributed by atoms with van der Waals surface area (Å²) in [5, 5.41) is 30.3. The van der Waals surface area contributed by atoms with Crippen molar-refractivity contribution in [3.8, 4) is 0 Å². The molecule has 3 unspecified atom stereocenters. The standard InChI is InChI=1S/C20H28N10O4S2/c21-18(25-10-2-1-3-10)23-6-11-7-24-29(27-11)8-13-14(16(31)30(13)35)15(12-9-36-19(22)26-12)28-34-20(4-5-20)17(32)33/h7,9-10,13-14,19,26,35H,1-6,8,22H2,(H,32,33)(H3,21,23,25)/b28-15-. The smallest absolute Gasteiger partial charge is 0.350 e. The maximum Gasteiger partial charge on any atom is 0.350 e. The van der Waals surface area contributed by atoms with Crippen LogP contribution in [0.3, 0.4) is 0 Å². The molecule has 194 valence electrons. The van der Waals surface area contributed by atoms with Crippen LogP contribution in [-0.2, 0) is 27.5 Å². The number of oxime groups is 1. The zero-order valence-corrected chi connectivity index (χ0v) is 21.0. The van der Waals surface area contributed by atoms with Gasteiger partial charge in [0.15, 0.2) is 5.96 Å². The van der Waals surface area contributed by atoms with Crippen LogP contribution >= 0.6 is 24.6 Å². The number of allylic oxidation sites excluding steroid dienone is 1. The van der Waals surface area contributed by atoms with Gasteiger partial charge in [-0.1, -0.05) is 29.7 Å². The first-order valence-corrected chi connectivity index (χ1v) is 12.9. The normalized spacial score (nSPS) is 27.6. The van der Waals surface area contributed by atoms with Gasteiger partial charge in [0.25, 0.3) is 0 Å². The van der Waals surface area contributed by atoms with Gasteiger partial charge in [-0.3, -0.25) is 9.10 Å². The van der Waals surface area contributed by atoms with Crippen molar-refractivity contribution >= 4 is 48.1 Å². The Balaban J connectivity index is 1.28. The number of amides is 1. The first-order chi connectivity index (χ1) is 17.3. The highest BCUT2D eigenvalue weighted by Crippen LogP contribution is 2.41. The Kier molecular flexibility index (Phi) is 6.74. The van der Waals surface area contributed by atoms with Crippen LogP contribution in [0.5, 0.6) is 0 Å². The van der Waals surface area contributed by atoms with Crippen molar-refractivity contribution in [1.29, 1.82) is 0 Å². The van der Waals surface area contributed by atoms with Crippen LogP contribution < -0.4 is 22.1 Å². The minimum Gasteiger partial charge on any atom is -0.478 e. The zero-order valence-electron chi connectivity index (χ0n) is 19.3. The number of nitrogens with two attached hydrogens (primary N) is 2. The number of aliphatic carboxylic acids is 1. The molecule has 2 aliphatic carbocycles. The topological polar surface area (TPSA) is 198 Å². The van der Waals surface area contributed by atoms with Gasteiger partial charge >= 0.3 is 5.97 Å². The Morgan fingerprint density at radius 2 is 2.22 bits per heavy atom. The average Bonchev–Trinajstić information content (AvgIpc) is 3.29. The van der Waals surface area contributed by atoms with E-state index >= 15 is 0 Å². The third-order valence-electron chi connectivity index (χ3n) is 6.61. The Bertz CT molecular complexity index is 1130. The van der Waals surface area contributed by atoms with Crippen LogP contribution in [0.2, 0.25) is 0 Å². The van der Waals surface area contributed by atoms with Crippen molar-refractivity contribution in [3.63, 3.8) is 0 Å². The van der Waals surface area contributed by atoms with Gasteiger partial charge in [0, 0.05) is 18.9 Å². The molecule has 16 heteroatoms. The van der Waals surface area contributed by atoms with Crippen LogP contribution in [0.15, 0.2) is 27.5 Å². The Hall–Kier alpha value is -2.98. The highest BCUT2D eigenvalue weighted by Gasteiger charge is 2.56. The molecule has 1 aromatic rings. The van der Waals surface area contributed by atoms with Crippen molar-refractivity contribution in [1.82, 2.24) is 29.9 Å². The van der Waals surface area contributed by atoms with Gasteiger partial charge in [0.05, 0.1) is 31.0 Å². The number of rotatable bonds is 10. The summed E-state index contributed by atoms with van der Waals surface area (Å²) in [5.74, 6) is -1.75. The molecule has 2 saturated carbocycles. The average molecular weight is 537 g/mol. The van der Waals surface area contributed by atoms with Crippen molar-refractivity contribution in [2.45, 2.75) is 68.4 Å². The predicted octanol–water partition coefficient (Wildman–Crippen LogP) is -0.683. The molecule has 0 spiro atoms. The van der Waals surface area contributed by atoms with E-state index in [4.69, 9.17) is 16.3 Å². The molecule has 14 nitrogen and oxygen atoms in total. The molecule has 1 saturated heterocycles. The van der Waals surface area contributed by atoms with E-state index in [1.54, 1.807) is 11.6 Å². The second-order valence-corrected chi connectivity index (χ2v) is 10.6. The van der Waals surface area contributed by atoms with E-state index in [0.29, 0.717) is 36.2 Å². The number of nitrogens with one attached hydrogen (secondary N) is 2. The number of guanidine groups is 1. The predicted molar refractivity (Wildman–Crippen MR) is 134 cm³/mol. The van der Waals surface area contributed by atoms with E-state index in [9.17, 15) is 14.7 Å². The van der Waals surface area contributed by atoms with Crippen molar-refractivity contribution < 1.29 is 19.5 Å². The number of aromatic nitrogens is 3. The summed E-state index contributed by atoms with van der Waals surface area (Å²) in [5.41, 5.74) is 11.5. The number of thiol groups is 1.